The van der Waals surface area contributed by atoms with Crippen molar-refractivity contribution in [3.8, 4) is 0 Å². The Morgan fingerprint density at radius 2 is 2.00 bits per heavy atom. The van der Waals surface area contributed by atoms with Gasteiger partial charge in [0.2, 0.25) is 0 Å². The van der Waals surface area contributed by atoms with E-state index in [9.17, 15) is 9.59 Å². The predicted octanol–water partition coefficient (Wildman–Crippen LogP) is 3.20. The molecule has 5 nitrogen and oxygen atoms in total. The molecule has 0 bridgehead atoms. The van der Waals surface area contributed by atoms with Gasteiger partial charge in [-0.2, -0.15) is 0 Å². The van der Waals surface area contributed by atoms with Crippen LogP contribution >= 0.6 is 0 Å². The highest BCUT2D eigenvalue weighted by Crippen LogP contribution is 2.45. The molecule has 0 unspecified atom stereocenters. The summed E-state index contributed by atoms with van der Waals surface area (Å²) in [6.45, 7) is 9.17. The van der Waals surface area contributed by atoms with Gasteiger partial charge in [0.05, 0.1) is 0 Å². The lowest BCUT2D eigenvalue weighted by Gasteiger charge is -2.23. The van der Waals surface area contributed by atoms with Crippen molar-refractivity contribution in [2.75, 3.05) is 0 Å². The number of benzene rings is 1. The summed E-state index contributed by atoms with van der Waals surface area (Å²) in [5, 5.41) is 2.65. The second kappa shape index (κ2) is 6.44. The van der Waals surface area contributed by atoms with Crippen molar-refractivity contribution in [1.82, 2.24) is 5.32 Å². The predicted molar refractivity (Wildman–Crippen MR) is 86.6 cm³/mol. The van der Waals surface area contributed by atoms with Crippen molar-refractivity contribution in [1.29, 1.82) is 0 Å². The van der Waals surface area contributed by atoms with Crippen LogP contribution < -0.4 is 5.32 Å². The van der Waals surface area contributed by atoms with E-state index in [4.69, 9.17) is 9.47 Å². The van der Waals surface area contributed by atoms with Crippen molar-refractivity contribution in [2.24, 2.45) is 5.92 Å². The molecule has 2 atom stereocenters. The third kappa shape index (κ3) is 4.34. The van der Waals surface area contributed by atoms with Crippen molar-refractivity contribution in [3.63, 3.8) is 0 Å². The fourth-order valence-corrected chi connectivity index (χ4v) is 2.34. The summed E-state index contributed by atoms with van der Waals surface area (Å²) >= 11 is 0. The topological polar surface area (TPSA) is 64.6 Å². The summed E-state index contributed by atoms with van der Waals surface area (Å²) in [6, 6.07) is 9.40. The summed E-state index contributed by atoms with van der Waals surface area (Å²) in [5.41, 5.74) is -0.791. The smallest absolute Gasteiger partial charge is 0.408 e. The number of hydrogen-bond donors (Lipinski definition) is 1. The molecule has 0 aromatic heterocycles. The van der Waals surface area contributed by atoms with Gasteiger partial charge in [-0.3, -0.25) is 0 Å². The lowest BCUT2D eigenvalue weighted by molar-refractivity contribution is -0.149. The molecule has 1 N–H and O–H groups in total. The van der Waals surface area contributed by atoms with Gasteiger partial charge in [-0.25, -0.2) is 9.59 Å². The number of carbonyl (C=O) groups is 2. The van der Waals surface area contributed by atoms with Gasteiger partial charge in [-0.15, -0.1) is 6.58 Å². The number of alkyl carbamates (subject to hydrolysis) is 1. The molecule has 23 heavy (non-hydrogen) atoms. The van der Waals surface area contributed by atoms with Gasteiger partial charge in [-0.1, -0.05) is 36.4 Å². The van der Waals surface area contributed by atoms with Crippen LogP contribution in [0.3, 0.4) is 0 Å². The molecule has 1 amide bonds. The minimum absolute atomic E-state index is 0.140. The lowest BCUT2D eigenvalue weighted by atomic mass is 10.2. The Morgan fingerprint density at radius 3 is 2.52 bits per heavy atom. The van der Waals surface area contributed by atoms with Gasteiger partial charge in [0.25, 0.3) is 0 Å². The van der Waals surface area contributed by atoms with Crippen LogP contribution in [0.15, 0.2) is 43.0 Å². The summed E-state index contributed by atoms with van der Waals surface area (Å²) in [5.74, 6) is -0.601. The van der Waals surface area contributed by atoms with Crippen LogP contribution in [-0.4, -0.2) is 23.2 Å². The molecule has 1 aromatic carbocycles. The summed E-state index contributed by atoms with van der Waals surface area (Å²) < 4.78 is 10.6. The average Bonchev–Trinajstić information content (AvgIpc) is 3.18. The SMILES string of the molecule is C=C[C@H]1C[C@@]1(NC(=O)OC(C)(C)C)C(=O)OCc1ccccc1. The average molecular weight is 317 g/mol. The molecule has 124 valence electrons. The minimum Gasteiger partial charge on any atom is -0.459 e. The standard InChI is InChI=1S/C18H23NO4/c1-5-14-11-18(14,19-16(21)23-17(2,3)4)15(20)22-12-13-9-7-6-8-10-13/h5-10,14H,1,11-12H2,2-4H3,(H,19,21)/t14-,18-/m0/s1. The van der Waals surface area contributed by atoms with Crippen LogP contribution in [0.5, 0.6) is 0 Å². The second-order valence-corrected chi connectivity index (χ2v) is 6.71. The number of amides is 1. The zero-order valence-corrected chi connectivity index (χ0v) is 13.8. The van der Waals surface area contributed by atoms with Crippen molar-refractivity contribution in [3.05, 3.63) is 48.6 Å². The van der Waals surface area contributed by atoms with E-state index in [0.29, 0.717) is 6.42 Å². The van der Waals surface area contributed by atoms with Gasteiger partial charge >= 0.3 is 12.1 Å². The third-order valence-corrected chi connectivity index (χ3v) is 3.60. The Bertz CT molecular complexity index is 591. The molecule has 2 rings (SSSR count). The highest BCUT2D eigenvalue weighted by molar-refractivity contribution is 5.90. The molecule has 0 radical (unpaired) electrons. The van der Waals surface area contributed by atoms with Crippen LogP contribution in [0.4, 0.5) is 4.79 Å². The quantitative estimate of drug-likeness (QED) is 0.669. The summed E-state index contributed by atoms with van der Waals surface area (Å²) in [7, 11) is 0. The van der Waals surface area contributed by atoms with E-state index in [-0.39, 0.29) is 12.5 Å². The molecule has 0 aliphatic heterocycles. The molecule has 5 heteroatoms. The fourth-order valence-electron chi connectivity index (χ4n) is 2.34. The summed E-state index contributed by atoms with van der Waals surface area (Å²) in [6.07, 6.45) is 1.50. The van der Waals surface area contributed by atoms with Crippen LogP contribution in [0.2, 0.25) is 0 Å². The number of rotatable bonds is 5. The Balaban J connectivity index is 1.98. The molecule has 1 aliphatic carbocycles. The first-order valence-electron chi connectivity index (χ1n) is 7.62. The maximum atomic E-state index is 12.4. The first-order valence-corrected chi connectivity index (χ1v) is 7.62. The molecule has 1 aliphatic rings. The molecular weight excluding hydrogens is 294 g/mol. The highest BCUT2D eigenvalue weighted by Gasteiger charge is 2.61. The molecule has 0 saturated heterocycles. The number of nitrogens with one attached hydrogen (secondary N) is 1. The Morgan fingerprint density at radius 1 is 1.35 bits per heavy atom. The minimum atomic E-state index is -1.06. The molecule has 1 fully saturated rings. The Kier molecular flexibility index (Phi) is 4.78. The highest BCUT2D eigenvalue weighted by atomic mass is 16.6. The number of hydrogen-bond acceptors (Lipinski definition) is 4. The van der Waals surface area contributed by atoms with Crippen molar-refractivity contribution >= 4 is 12.1 Å². The molecule has 1 aromatic rings. The number of esters is 1. The van der Waals surface area contributed by atoms with E-state index in [1.54, 1.807) is 26.8 Å². The maximum Gasteiger partial charge on any atom is 0.408 e. The normalized spacial score (nSPS) is 22.8. The molecule has 1 saturated carbocycles. The number of ether oxygens (including phenoxy) is 2. The van der Waals surface area contributed by atoms with Crippen molar-refractivity contribution < 1.29 is 19.1 Å². The zero-order chi connectivity index (χ0) is 17.1. The molecule has 0 spiro atoms. The van der Waals surface area contributed by atoms with Gasteiger partial charge in [0.1, 0.15) is 17.7 Å². The van der Waals surface area contributed by atoms with Gasteiger partial charge in [0.15, 0.2) is 0 Å². The third-order valence-electron chi connectivity index (χ3n) is 3.60. The fraction of sp³-hybridized carbons (Fsp3) is 0.444. The largest absolute Gasteiger partial charge is 0.459 e. The first-order chi connectivity index (χ1) is 10.8. The zero-order valence-electron chi connectivity index (χ0n) is 13.8. The van der Waals surface area contributed by atoms with Gasteiger partial charge in [0, 0.05) is 5.92 Å². The van der Waals surface area contributed by atoms with Crippen molar-refractivity contribution in [2.45, 2.75) is 44.9 Å². The van der Waals surface area contributed by atoms with E-state index >= 15 is 0 Å². The van der Waals surface area contributed by atoms with E-state index in [2.05, 4.69) is 11.9 Å². The monoisotopic (exact) mass is 317 g/mol. The van der Waals surface area contributed by atoms with Crippen LogP contribution in [0, 0.1) is 5.92 Å². The summed E-state index contributed by atoms with van der Waals surface area (Å²) in [4.78, 5) is 24.4. The Hall–Kier alpha value is -2.30. The van der Waals surface area contributed by atoms with Crippen LogP contribution in [0.1, 0.15) is 32.8 Å². The second-order valence-electron chi connectivity index (χ2n) is 6.71. The van der Waals surface area contributed by atoms with E-state index in [1.165, 1.54) is 0 Å². The maximum absolute atomic E-state index is 12.4. The van der Waals surface area contributed by atoms with E-state index in [1.807, 2.05) is 30.3 Å². The van der Waals surface area contributed by atoms with Gasteiger partial charge < -0.3 is 14.8 Å². The van der Waals surface area contributed by atoms with Gasteiger partial charge in [-0.05, 0) is 32.8 Å². The van der Waals surface area contributed by atoms with E-state index < -0.39 is 23.2 Å². The molecular formula is C18H23NO4. The molecule has 0 heterocycles. The lowest BCUT2D eigenvalue weighted by Crippen LogP contribution is -2.47. The first kappa shape index (κ1) is 17.1. The Labute approximate surface area is 136 Å². The van der Waals surface area contributed by atoms with Crippen LogP contribution in [0.25, 0.3) is 0 Å². The number of carbonyl (C=O) groups excluding carboxylic acids is 2. The van der Waals surface area contributed by atoms with Crippen LogP contribution in [-0.2, 0) is 20.9 Å². The van der Waals surface area contributed by atoms with E-state index in [0.717, 1.165) is 5.56 Å².